The number of hydrogen-bond acceptors (Lipinski definition) is 4. The van der Waals surface area contributed by atoms with Crippen molar-refractivity contribution < 1.29 is 23.2 Å². The van der Waals surface area contributed by atoms with Crippen molar-refractivity contribution in [2.45, 2.75) is 38.9 Å². The Kier molecular flexibility index (Phi) is 4.32. The Bertz CT molecular complexity index is 744. The van der Waals surface area contributed by atoms with Crippen LogP contribution in [0, 0.1) is 5.82 Å². The van der Waals surface area contributed by atoms with Crippen molar-refractivity contribution in [2.75, 3.05) is 13.9 Å². The molecular weight excluding hydrogens is 310 g/mol. The third-order valence-corrected chi connectivity index (χ3v) is 4.78. The third kappa shape index (κ3) is 2.90. The lowest BCUT2D eigenvalue weighted by Crippen LogP contribution is -2.41. The molecule has 0 unspecified atom stereocenters. The molecule has 0 saturated carbocycles. The van der Waals surface area contributed by atoms with Crippen LogP contribution in [0.2, 0.25) is 0 Å². The van der Waals surface area contributed by atoms with Crippen molar-refractivity contribution in [1.82, 2.24) is 0 Å². The molecule has 4 nitrogen and oxygen atoms in total. The van der Waals surface area contributed by atoms with Gasteiger partial charge in [0.05, 0.1) is 11.2 Å². The van der Waals surface area contributed by atoms with Gasteiger partial charge < -0.3 is 18.8 Å². The maximum atomic E-state index is 14.5. The fraction of sp³-hybridized carbons (Fsp3) is 0.444. The third-order valence-electron chi connectivity index (χ3n) is 4.78. The summed E-state index contributed by atoms with van der Waals surface area (Å²) in [7, 11) is 0.885. The van der Waals surface area contributed by atoms with Crippen LogP contribution in [-0.2, 0) is 14.0 Å². The van der Waals surface area contributed by atoms with Gasteiger partial charge in [0.2, 0.25) is 0 Å². The van der Waals surface area contributed by atoms with Gasteiger partial charge >= 0.3 is 7.12 Å². The Morgan fingerprint density at radius 1 is 1.08 bits per heavy atom. The van der Waals surface area contributed by atoms with Crippen molar-refractivity contribution in [3.05, 3.63) is 36.1 Å². The van der Waals surface area contributed by atoms with E-state index in [-0.39, 0.29) is 12.6 Å². The van der Waals surface area contributed by atoms with Crippen molar-refractivity contribution in [3.63, 3.8) is 0 Å². The van der Waals surface area contributed by atoms with Crippen LogP contribution in [0.15, 0.2) is 30.3 Å². The van der Waals surface area contributed by atoms with E-state index in [1.807, 2.05) is 33.8 Å². The zero-order valence-corrected chi connectivity index (χ0v) is 14.7. The molecule has 1 aliphatic heterocycles. The van der Waals surface area contributed by atoms with Gasteiger partial charge in [-0.2, -0.15) is 0 Å². The summed E-state index contributed by atoms with van der Waals surface area (Å²) < 4.78 is 37.2. The smallest absolute Gasteiger partial charge is 0.468 e. The lowest BCUT2D eigenvalue weighted by molar-refractivity contribution is 0.00578. The molecule has 128 valence electrons. The Balaban J connectivity index is 2.12. The van der Waals surface area contributed by atoms with Gasteiger partial charge in [0.15, 0.2) is 6.79 Å². The van der Waals surface area contributed by atoms with E-state index < -0.39 is 18.3 Å². The van der Waals surface area contributed by atoms with E-state index >= 15 is 0 Å². The Labute approximate surface area is 142 Å². The summed E-state index contributed by atoms with van der Waals surface area (Å²) >= 11 is 0. The van der Waals surface area contributed by atoms with Gasteiger partial charge in [0, 0.05) is 12.5 Å². The number of rotatable bonds is 4. The van der Waals surface area contributed by atoms with Crippen molar-refractivity contribution in [1.29, 1.82) is 0 Å². The van der Waals surface area contributed by atoms with E-state index in [2.05, 4.69) is 0 Å². The highest BCUT2D eigenvalue weighted by atomic mass is 19.1. The normalized spacial score (nSPS) is 19.0. The van der Waals surface area contributed by atoms with Crippen LogP contribution in [0.4, 0.5) is 4.39 Å². The first kappa shape index (κ1) is 17.2. The number of hydrogen-bond donors (Lipinski definition) is 0. The van der Waals surface area contributed by atoms with Crippen LogP contribution >= 0.6 is 0 Å². The molecule has 2 aromatic rings. The molecule has 0 atom stereocenters. The maximum Gasteiger partial charge on any atom is 0.495 e. The highest BCUT2D eigenvalue weighted by Crippen LogP contribution is 2.37. The first-order chi connectivity index (χ1) is 11.2. The summed E-state index contributed by atoms with van der Waals surface area (Å²) in [5, 5.41) is 1.22. The molecule has 1 aliphatic rings. The molecule has 6 heteroatoms. The Morgan fingerprint density at radius 3 is 2.38 bits per heavy atom. The van der Waals surface area contributed by atoms with Gasteiger partial charge in [-0.15, -0.1) is 0 Å². The topological polar surface area (TPSA) is 36.9 Å². The lowest BCUT2D eigenvalue weighted by atomic mass is 9.75. The minimum atomic E-state index is -0.666. The molecule has 0 aliphatic carbocycles. The van der Waals surface area contributed by atoms with Crippen molar-refractivity contribution in [3.8, 4) is 5.75 Å². The maximum absolute atomic E-state index is 14.5. The monoisotopic (exact) mass is 332 g/mol. The first-order valence-electron chi connectivity index (χ1n) is 7.95. The zero-order chi connectivity index (χ0) is 17.5. The molecule has 2 aromatic carbocycles. The molecule has 0 aromatic heterocycles. The first-order valence-corrected chi connectivity index (χ1v) is 7.95. The van der Waals surface area contributed by atoms with Crippen LogP contribution in [0.5, 0.6) is 5.75 Å². The van der Waals surface area contributed by atoms with Gasteiger partial charge in [0.25, 0.3) is 0 Å². The molecule has 1 fully saturated rings. The van der Waals surface area contributed by atoms with Crippen LogP contribution in [0.1, 0.15) is 27.7 Å². The number of halogens is 1. The summed E-state index contributed by atoms with van der Waals surface area (Å²) in [6.45, 7) is 7.99. The van der Waals surface area contributed by atoms with Crippen LogP contribution in [-0.4, -0.2) is 32.2 Å². The minimum absolute atomic E-state index is 0.115. The average molecular weight is 332 g/mol. The summed E-state index contributed by atoms with van der Waals surface area (Å²) in [6.07, 6.45) is 0. The number of benzene rings is 2. The fourth-order valence-electron chi connectivity index (χ4n) is 2.75. The molecule has 1 heterocycles. The standard InChI is InChI=1S/C18H22BFO4/c1-17(2)18(3,4)24-19(23-17)14-10-13(22-11-21-5)9-12-7-6-8-15(20)16(12)14/h6-10H,11H2,1-5H3. The minimum Gasteiger partial charge on any atom is -0.468 e. The zero-order valence-electron chi connectivity index (χ0n) is 14.7. The molecule has 0 spiro atoms. The van der Waals surface area contributed by atoms with E-state index in [1.54, 1.807) is 25.3 Å². The van der Waals surface area contributed by atoms with Crippen molar-refractivity contribution >= 4 is 23.4 Å². The van der Waals surface area contributed by atoms with Gasteiger partial charge in [-0.1, -0.05) is 12.1 Å². The second-order valence-corrected chi connectivity index (χ2v) is 6.99. The van der Waals surface area contributed by atoms with Gasteiger partial charge in [-0.3, -0.25) is 0 Å². The van der Waals surface area contributed by atoms with Crippen LogP contribution in [0.3, 0.4) is 0 Å². The van der Waals surface area contributed by atoms with Crippen LogP contribution < -0.4 is 10.2 Å². The predicted octanol–water partition coefficient (Wildman–Crippen LogP) is 3.26. The Morgan fingerprint density at radius 2 is 1.75 bits per heavy atom. The predicted molar refractivity (Wildman–Crippen MR) is 92.1 cm³/mol. The summed E-state index contributed by atoms with van der Waals surface area (Å²) in [6, 6.07) is 8.49. The number of ether oxygens (including phenoxy) is 2. The molecule has 1 saturated heterocycles. The second-order valence-electron chi connectivity index (χ2n) is 6.99. The number of methoxy groups -OCH3 is 1. The van der Waals surface area contributed by atoms with E-state index in [4.69, 9.17) is 18.8 Å². The van der Waals surface area contributed by atoms with Gasteiger partial charge in [0.1, 0.15) is 11.6 Å². The molecule has 0 N–H and O–H groups in total. The molecule has 3 rings (SSSR count). The molecular formula is C18H22BFO4. The molecule has 0 radical (unpaired) electrons. The summed E-state index contributed by atoms with van der Waals surface area (Å²) in [5.41, 5.74) is -0.382. The van der Waals surface area contributed by atoms with E-state index in [1.165, 1.54) is 6.07 Å². The average Bonchev–Trinajstić information content (AvgIpc) is 2.72. The van der Waals surface area contributed by atoms with E-state index in [0.29, 0.717) is 16.6 Å². The van der Waals surface area contributed by atoms with E-state index in [9.17, 15) is 4.39 Å². The fourth-order valence-corrected chi connectivity index (χ4v) is 2.75. The highest BCUT2D eigenvalue weighted by molar-refractivity contribution is 6.65. The van der Waals surface area contributed by atoms with Gasteiger partial charge in [-0.25, -0.2) is 4.39 Å². The van der Waals surface area contributed by atoms with Crippen molar-refractivity contribution in [2.24, 2.45) is 0 Å². The molecule has 0 bridgehead atoms. The van der Waals surface area contributed by atoms with Crippen LogP contribution in [0.25, 0.3) is 10.8 Å². The Hall–Kier alpha value is -1.63. The highest BCUT2D eigenvalue weighted by Gasteiger charge is 2.52. The largest absolute Gasteiger partial charge is 0.495 e. The number of fused-ring (bicyclic) bond motifs is 1. The van der Waals surface area contributed by atoms with E-state index in [0.717, 1.165) is 5.39 Å². The lowest BCUT2D eigenvalue weighted by Gasteiger charge is -2.32. The second kappa shape index (κ2) is 6.03. The molecule has 0 amide bonds. The summed E-state index contributed by atoms with van der Waals surface area (Å²) in [5.74, 6) is 0.273. The quantitative estimate of drug-likeness (QED) is 0.636. The van der Waals surface area contributed by atoms with Gasteiger partial charge in [-0.05, 0) is 56.7 Å². The molecule has 24 heavy (non-hydrogen) atoms. The summed E-state index contributed by atoms with van der Waals surface area (Å²) in [4.78, 5) is 0. The SMILES string of the molecule is COCOc1cc(B2OC(C)(C)C(C)(C)O2)c2c(F)cccc2c1.